The number of benzene rings is 1. The lowest BCUT2D eigenvalue weighted by Crippen LogP contribution is -2.23. The maximum absolute atomic E-state index is 11.3. The molecule has 1 aromatic heterocycles. The van der Waals surface area contributed by atoms with Gasteiger partial charge in [0.15, 0.2) is 0 Å². The molecule has 3 N–H and O–H groups in total. The van der Waals surface area contributed by atoms with Crippen molar-refractivity contribution in [2.24, 2.45) is 0 Å². The molecule has 0 atom stereocenters. The first-order valence-electron chi connectivity index (χ1n) is 6.33. The Labute approximate surface area is 110 Å². The number of aromatic nitrogens is 2. The van der Waals surface area contributed by atoms with Crippen molar-refractivity contribution >= 4 is 28.3 Å². The van der Waals surface area contributed by atoms with E-state index in [9.17, 15) is 9.59 Å². The number of nitrogens with one attached hydrogen (secondary N) is 3. The zero-order valence-corrected chi connectivity index (χ0v) is 11.3. The second-order valence-corrected chi connectivity index (χ2v) is 4.35. The lowest BCUT2D eigenvalue weighted by atomic mass is 10.2. The van der Waals surface area contributed by atoms with Gasteiger partial charge >= 0.3 is 5.69 Å². The minimum atomic E-state index is -0.250. The summed E-state index contributed by atoms with van der Waals surface area (Å²) in [4.78, 5) is 30.2. The Hall–Kier alpha value is -2.24. The number of anilines is 2. The number of hydrogen-bond donors (Lipinski definition) is 3. The Morgan fingerprint density at radius 2 is 1.79 bits per heavy atom. The van der Waals surface area contributed by atoms with Crippen LogP contribution in [0.15, 0.2) is 16.9 Å². The molecule has 0 saturated heterocycles. The van der Waals surface area contributed by atoms with Crippen molar-refractivity contribution in [1.29, 1.82) is 0 Å². The first-order chi connectivity index (χ1) is 9.05. The van der Waals surface area contributed by atoms with Crippen LogP contribution in [0.3, 0.4) is 0 Å². The van der Waals surface area contributed by atoms with Crippen molar-refractivity contribution in [3.63, 3.8) is 0 Å². The van der Waals surface area contributed by atoms with Gasteiger partial charge in [0, 0.05) is 20.0 Å². The number of rotatable bonds is 4. The van der Waals surface area contributed by atoms with Crippen LogP contribution in [-0.2, 0) is 4.79 Å². The van der Waals surface area contributed by atoms with E-state index >= 15 is 0 Å². The molecule has 0 saturated carbocycles. The van der Waals surface area contributed by atoms with E-state index in [0.717, 1.165) is 24.3 Å². The normalized spacial score (nSPS) is 10.7. The average Bonchev–Trinajstić information content (AvgIpc) is 2.69. The number of amides is 1. The van der Waals surface area contributed by atoms with Crippen LogP contribution in [0, 0.1) is 0 Å². The fourth-order valence-corrected chi connectivity index (χ4v) is 2.19. The summed E-state index contributed by atoms with van der Waals surface area (Å²) in [6.07, 6.45) is 0. The maximum atomic E-state index is 11.3. The van der Waals surface area contributed by atoms with E-state index in [4.69, 9.17) is 0 Å². The van der Waals surface area contributed by atoms with Crippen LogP contribution in [0.25, 0.3) is 11.0 Å². The monoisotopic (exact) mass is 262 g/mol. The average molecular weight is 262 g/mol. The molecule has 2 rings (SSSR count). The van der Waals surface area contributed by atoms with Crippen LogP contribution in [-0.4, -0.2) is 29.0 Å². The molecule has 1 amide bonds. The van der Waals surface area contributed by atoms with E-state index in [2.05, 4.69) is 20.2 Å². The molecular formula is C13H18N4O2. The Morgan fingerprint density at radius 3 is 2.32 bits per heavy atom. The zero-order valence-electron chi connectivity index (χ0n) is 11.3. The summed E-state index contributed by atoms with van der Waals surface area (Å²) in [6.45, 7) is 7.21. The van der Waals surface area contributed by atoms with Crippen LogP contribution < -0.4 is 15.9 Å². The standard InChI is InChI=1S/C13H18N4O2/c1-4-17(5-2)12-7-10-9(15-13(19)16-10)6-11(12)14-8(3)18/h6-7H,4-5H2,1-3H3,(H,14,18)(H2,15,16,19). The Bertz CT molecular complexity index is 652. The van der Waals surface area contributed by atoms with E-state index in [1.165, 1.54) is 6.92 Å². The second kappa shape index (κ2) is 5.17. The smallest absolute Gasteiger partial charge is 0.323 e. The Morgan fingerprint density at radius 1 is 1.21 bits per heavy atom. The number of fused-ring (bicyclic) bond motifs is 1. The number of carbonyl (C=O) groups is 1. The van der Waals surface area contributed by atoms with E-state index in [-0.39, 0.29) is 11.6 Å². The first kappa shape index (κ1) is 13.2. The minimum Gasteiger partial charge on any atom is -0.370 e. The quantitative estimate of drug-likeness (QED) is 0.783. The van der Waals surface area contributed by atoms with Crippen molar-refractivity contribution in [3.8, 4) is 0 Å². The molecule has 0 aliphatic carbocycles. The molecule has 0 unspecified atom stereocenters. The number of hydrogen-bond acceptors (Lipinski definition) is 3. The fourth-order valence-electron chi connectivity index (χ4n) is 2.19. The molecule has 102 valence electrons. The highest BCUT2D eigenvalue weighted by molar-refractivity contribution is 5.97. The fraction of sp³-hybridized carbons (Fsp3) is 0.385. The molecular weight excluding hydrogens is 244 g/mol. The Kier molecular flexibility index (Phi) is 3.59. The first-order valence-corrected chi connectivity index (χ1v) is 6.33. The van der Waals surface area contributed by atoms with Crippen LogP contribution in [0.5, 0.6) is 0 Å². The summed E-state index contributed by atoms with van der Waals surface area (Å²) in [5.74, 6) is -0.134. The number of aromatic amines is 2. The minimum absolute atomic E-state index is 0.134. The SMILES string of the molecule is CCN(CC)c1cc2[nH]c(=O)[nH]c2cc1NC(C)=O. The predicted molar refractivity (Wildman–Crippen MR) is 76.8 cm³/mol. The maximum Gasteiger partial charge on any atom is 0.323 e. The van der Waals surface area contributed by atoms with Crippen LogP contribution >= 0.6 is 0 Å². The molecule has 0 aliphatic heterocycles. The largest absolute Gasteiger partial charge is 0.370 e. The Balaban J connectivity index is 2.61. The zero-order chi connectivity index (χ0) is 14.0. The van der Waals surface area contributed by atoms with Crippen molar-refractivity contribution in [3.05, 3.63) is 22.6 Å². The summed E-state index contributed by atoms with van der Waals surface area (Å²) >= 11 is 0. The highest BCUT2D eigenvalue weighted by atomic mass is 16.1. The summed E-state index contributed by atoms with van der Waals surface area (Å²) in [5, 5.41) is 2.81. The summed E-state index contributed by atoms with van der Waals surface area (Å²) in [6, 6.07) is 3.66. The lowest BCUT2D eigenvalue weighted by Gasteiger charge is -2.24. The number of nitrogens with zero attached hydrogens (tertiary/aromatic N) is 1. The predicted octanol–water partition coefficient (Wildman–Crippen LogP) is 1.66. The molecule has 0 bridgehead atoms. The van der Waals surface area contributed by atoms with Gasteiger partial charge < -0.3 is 20.2 Å². The van der Waals surface area contributed by atoms with Gasteiger partial charge in [-0.2, -0.15) is 0 Å². The van der Waals surface area contributed by atoms with Gasteiger partial charge in [0.05, 0.1) is 22.4 Å². The van der Waals surface area contributed by atoms with Crippen LogP contribution in [0.1, 0.15) is 20.8 Å². The van der Waals surface area contributed by atoms with E-state index in [1.54, 1.807) is 6.07 Å². The number of imidazole rings is 1. The van der Waals surface area contributed by atoms with Crippen molar-refractivity contribution in [2.75, 3.05) is 23.3 Å². The molecule has 1 aromatic carbocycles. The molecule has 2 aromatic rings. The third-order valence-corrected chi connectivity index (χ3v) is 3.05. The summed E-state index contributed by atoms with van der Waals surface area (Å²) in [5.41, 5.74) is 2.79. The molecule has 0 fully saturated rings. The van der Waals surface area contributed by atoms with Crippen molar-refractivity contribution in [2.45, 2.75) is 20.8 Å². The number of carbonyl (C=O) groups excluding carboxylic acids is 1. The van der Waals surface area contributed by atoms with Gasteiger partial charge in [0.2, 0.25) is 5.91 Å². The van der Waals surface area contributed by atoms with Crippen LogP contribution in [0.4, 0.5) is 11.4 Å². The van der Waals surface area contributed by atoms with Crippen LogP contribution in [0.2, 0.25) is 0 Å². The molecule has 0 radical (unpaired) electrons. The van der Waals surface area contributed by atoms with Crippen molar-refractivity contribution in [1.82, 2.24) is 9.97 Å². The molecule has 6 heteroatoms. The van der Waals surface area contributed by atoms with E-state index in [0.29, 0.717) is 11.2 Å². The van der Waals surface area contributed by atoms with Gasteiger partial charge in [-0.05, 0) is 26.0 Å². The third-order valence-electron chi connectivity index (χ3n) is 3.05. The topological polar surface area (TPSA) is 81.0 Å². The van der Waals surface area contributed by atoms with E-state index < -0.39 is 0 Å². The van der Waals surface area contributed by atoms with Gasteiger partial charge in [0.1, 0.15) is 0 Å². The van der Waals surface area contributed by atoms with Gasteiger partial charge in [0.25, 0.3) is 0 Å². The third kappa shape index (κ3) is 2.62. The highest BCUT2D eigenvalue weighted by Gasteiger charge is 2.12. The molecule has 6 nitrogen and oxygen atoms in total. The van der Waals surface area contributed by atoms with Gasteiger partial charge in [-0.3, -0.25) is 4.79 Å². The van der Waals surface area contributed by atoms with Gasteiger partial charge in [-0.25, -0.2) is 4.79 Å². The lowest BCUT2D eigenvalue weighted by molar-refractivity contribution is -0.114. The van der Waals surface area contributed by atoms with Crippen molar-refractivity contribution < 1.29 is 4.79 Å². The van der Waals surface area contributed by atoms with Gasteiger partial charge in [-0.1, -0.05) is 0 Å². The molecule has 0 spiro atoms. The molecule has 19 heavy (non-hydrogen) atoms. The second-order valence-electron chi connectivity index (χ2n) is 4.35. The molecule has 1 heterocycles. The van der Waals surface area contributed by atoms with Gasteiger partial charge in [-0.15, -0.1) is 0 Å². The molecule has 0 aliphatic rings. The highest BCUT2D eigenvalue weighted by Crippen LogP contribution is 2.29. The number of H-pyrrole nitrogens is 2. The van der Waals surface area contributed by atoms with E-state index in [1.807, 2.05) is 19.9 Å². The summed E-state index contributed by atoms with van der Waals surface area (Å²) < 4.78 is 0. The summed E-state index contributed by atoms with van der Waals surface area (Å²) in [7, 11) is 0.